The first kappa shape index (κ1) is 14.4. The van der Waals surface area contributed by atoms with Gasteiger partial charge < -0.3 is 15.3 Å². The maximum absolute atomic E-state index is 12.9. The lowest BCUT2D eigenvalue weighted by Gasteiger charge is -2.17. The van der Waals surface area contributed by atoms with E-state index in [0.29, 0.717) is 0 Å². The van der Waals surface area contributed by atoms with Crippen LogP contribution in [0.5, 0.6) is 0 Å². The number of aromatic carboxylic acids is 1. The minimum Gasteiger partial charge on any atom is -0.478 e. The molecule has 0 radical (unpaired) electrons. The third-order valence-corrected chi connectivity index (χ3v) is 2.36. The highest BCUT2D eigenvalue weighted by atomic mass is 19.1. The van der Waals surface area contributed by atoms with Crippen molar-refractivity contribution < 1.29 is 19.1 Å². The number of anilines is 1. The van der Waals surface area contributed by atoms with Gasteiger partial charge in [-0.15, -0.1) is 0 Å². The summed E-state index contributed by atoms with van der Waals surface area (Å²) in [6.45, 7) is 0.214. The van der Waals surface area contributed by atoms with Gasteiger partial charge in [-0.3, -0.25) is 0 Å². The van der Waals surface area contributed by atoms with Gasteiger partial charge in [0.15, 0.2) is 0 Å². The van der Waals surface area contributed by atoms with E-state index in [1.807, 2.05) is 6.07 Å². The van der Waals surface area contributed by atoms with Crippen molar-refractivity contribution in [1.82, 2.24) is 4.90 Å². The van der Waals surface area contributed by atoms with Gasteiger partial charge in [0.05, 0.1) is 23.7 Å². The number of hydrogen-bond acceptors (Lipinski definition) is 3. The van der Waals surface area contributed by atoms with Crippen LogP contribution in [0.25, 0.3) is 0 Å². The molecule has 0 bridgehead atoms. The van der Waals surface area contributed by atoms with Crippen molar-refractivity contribution in [3.8, 4) is 6.07 Å². The van der Waals surface area contributed by atoms with Gasteiger partial charge in [0.2, 0.25) is 0 Å². The minimum absolute atomic E-state index is 0.00251. The lowest BCUT2D eigenvalue weighted by atomic mass is 10.1. The fourth-order valence-electron chi connectivity index (χ4n) is 1.33. The van der Waals surface area contributed by atoms with E-state index < -0.39 is 17.8 Å². The number of carboxylic acids is 1. The molecule has 7 heteroatoms. The summed E-state index contributed by atoms with van der Waals surface area (Å²) in [6, 6.07) is 4.38. The summed E-state index contributed by atoms with van der Waals surface area (Å²) in [5.41, 5.74) is -0.329. The molecule has 0 aromatic heterocycles. The Morgan fingerprint density at radius 1 is 1.53 bits per heavy atom. The van der Waals surface area contributed by atoms with Gasteiger partial charge in [-0.25, -0.2) is 14.0 Å². The zero-order valence-corrected chi connectivity index (χ0v) is 10.2. The van der Waals surface area contributed by atoms with Crippen LogP contribution in [0.2, 0.25) is 0 Å². The monoisotopic (exact) mass is 265 g/mol. The second-order valence-corrected chi connectivity index (χ2v) is 3.75. The summed E-state index contributed by atoms with van der Waals surface area (Å²) >= 11 is 0. The van der Waals surface area contributed by atoms with E-state index in [4.69, 9.17) is 10.4 Å². The Bertz CT molecular complexity index is 540. The molecule has 0 aliphatic heterocycles. The molecule has 1 rings (SSSR count). The number of benzene rings is 1. The molecule has 6 nitrogen and oxygen atoms in total. The van der Waals surface area contributed by atoms with Crippen LogP contribution in [0.4, 0.5) is 14.9 Å². The standard InChI is InChI=1S/C12H12FN3O3/c1-16(6-2-5-14)12(19)15-10-4-3-8(13)7-9(10)11(17)18/h3-4,7H,2,6H2,1H3,(H,15,19)(H,17,18). The molecule has 0 saturated carbocycles. The molecule has 1 aromatic carbocycles. The predicted octanol–water partition coefficient (Wildman–Crippen LogP) is 1.90. The molecule has 100 valence electrons. The van der Waals surface area contributed by atoms with Crippen molar-refractivity contribution in [2.45, 2.75) is 6.42 Å². The highest BCUT2D eigenvalue weighted by molar-refractivity contribution is 5.99. The van der Waals surface area contributed by atoms with Crippen molar-refractivity contribution in [1.29, 1.82) is 5.26 Å². The Morgan fingerprint density at radius 3 is 2.79 bits per heavy atom. The summed E-state index contributed by atoms with van der Waals surface area (Å²) in [7, 11) is 1.47. The van der Waals surface area contributed by atoms with Crippen LogP contribution in [-0.4, -0.2) is 35.6 Å². The smallest absolute Gasteiger partial charge is 0.337 e. The van der Waals surface area contributed by atoms with E-state index in [2.05, 4.69) is 5.32 Å². The summed E-state index contributed by atoms with van der Waals surface area (Å²) in [5, 5.41) is 19.7. The van der Waals surface area contributed by atoms with E-state index in [1.54, 1.807) is 0 Å². The van der Waals surface area contributed by atoms with Crippen LogP contribution in [0.15, 0.2) is 18.2 Å². The minimum atomic E-state index is -1.34. The molecule has 0 unspecified atom stereocenters. The Hall–Kier alpha value is -2.62. The van der Waals surface area contributed by atoms with Gasteiger partial charge in [0, 0.05) is 13.6 Å². The molecule has 0 aliphatic rings. The first-order valence-electron chi connectivity index (χ1n) is 5.37. The van der Waals surface area contributed by atoms with Crippen LogP contribution in [-0.2, 0) is 0 Å². The van der Waals surface area contributed by atoms with Gasteiger partial charge in [-0.1, -0.05) is 0 Å². The Labute approximate surface area is 109 Å². The van der Waals surface area contributed by atoms with Gasteiger partial charge in [0.1, 0.15) is 5.82 Å². The normalized spacial score (nSPS) is 9.53. The van der Waals surface area contributed by atoms with E-state index in [0.717, 1.165) is 12.1 Å². The van der Waals surface area contributed by atoms with Crippen LogP contribution < -0.4 is 5.32 Å². The fourth-order valence-corrected chi connectivity index (χ4v) is 1.33. The summed E-state index contributed by atoms with van der Waals surface area (Å²) < 4.78 is 12.9. The van der Waals surface area contributed by atoms with Gasteiger partial charge in [0.25, 0.3) is 0 Å². The van der Waals surface area contributed by atoms with Crippen molar-refractivity contribution >= 4 is 17.7 Å². The number of halogens is 1. The highest BCUT2D eigenvalue weighted by Gasteiger charge is 2.15. The Kier molecular flexibility index (Phi) is 4.83. The number of nitriles is 1. The summed E-state index contributed by atoms with van der Waals surface area (Å²) in [5.74, 6) is -2.04. The SMILES string of the molecule is CN(CCC#N)C(=O)Nc1ccc(F)cc1C(=O)O. The lowest BCUT2D eigenvalue weighted by Crippen LogP contribution is -2.32. The number of carbonyl (C=O) groups is 2. The third-order valence-electron chi connectivity index (χ3n) is 2.36. The molecular formula is C12H12FN3O3. The van der Waals surface area contributed by atoms with E-state index >= 15 is 0 Å². The first-order chi connectivity index (χ1) is 8.95. The summed E-state index contributed by atoms with van der Waals surface area (Å²) in [4.78, 5) is 23.9. The number of hydrogen-bond donors (Lipinski definition) is 2. The zero-order chi connectivity index (χ0) is 14.4. The summed E-state index contributed by atoms with van der Waals surface area (Å²) in [6.07, 6.45) is 0.166. The number of nitrogens with zero attached hydrogens (tertiary/aromatic N) is 2. The van der Waals surface area contributed by atoms with Gasteiger partial charge in [-0.05, 0) is 18.2 Å². The largest absolute Gasteiger partial charge is 0.478 e. The maximum atomic E-state index is 12.9. The topological polar surface area (TPSA) is 93.4 Å². The molecule has 0 saturated heterocycles. The van der Waals surface area contributed by atoms with Crippen molar-refractivity contribution in [3.63, 3.8) is 0 Å². The second kappa shape index (κ2) is 6.35. The van der Waals surface area contributed by atoms with Crippen LogP contribution >= 0.6 is 0 Å². The van der Waals surface area contributed by atoms with E-state index in [-0.39, 0.29) is 24.2 Å². The van der Waals surface area contributed by atoms with Gasteiger partial charge in [-0.2, -0.15) is 5.26 Å². The molecule has 0 heterocycles. The quantitative estimate of drug-likeness (QED) is 0.869. The van der Waals surface area contributed by atoms with Crippen molar-refractivity contribution in [2.24, 2.45) is 0 Å². The second-order valence-electron chi connectivity index (χ2n) is 3.75. The molecule has 2 N–H and O–H groups in total. The van der Waals surface area contributed by atoms with Crippen LogP contribution in [0.3, 0.4) is 0 Å². The zero-order valence-electron chi connectivity index (χ0n) is 10.2. The van der Waals surface area contributed by atoms with E-state index in [9.17, 15) is 14.0 Å². The average molecular weight is 265 g/mol. The van der Waals surface area contributed by atoms with E-state index in [1.165, 1.54) is 18.0 Å². The molecular weight excluding hydrogens is 253 g/mol. The third kappa shape index (κ3) is 3.96. The average Bonchev–Trinajstić information content (AvgIpc) is 2.37. The molecule has 0 aliphatic carbocycles. The number of carboxylic acid groups (broad SMARTS) is 1. The fraction of sp³-hybridized carbons (Fsp3) is 0.250. The van der Waals surface area contributed by atoms with Crippen molar-refractivity contribution in [2.75, 3.05) is 18.9 Å². The van der Waals surface area contributed by atoms with Crippen LogP contribution in [0, 0.1) is 17.1 Å². The lowest BCUT2D eigenvalue weighted by molar-refractivity contribution is 0.0697. The Morgan fingerprint density at radius 2 is 2.21 bits per heavy atom. The number of rotatable bonds is 4. The van der Waals surface area contributed by atoms with Gasteiger partial charge >= 0.3 is 12.0 Å². The number of carbonyl (C=O) groups excluding carboxylic acids is 1. The molecule has 0 atom stereocenters. The number of nitrogens with one attached hydrogen (secondary N) is 1. The number of urea groups is 1. The molecule has 2 amide bonds. The highest BCUT2D eigenvalue weighted by Crippen LogP contribution is 2.17. The van der Waals surface area contributed by atoms with Crippen molar-refractivity contribution in [3.05, 3.63) is 29.6 Å². The Balaban J connectivity index is 2.85. The predicted molar refractivity (Wildman–Crippen MR) is 65.2 cm³/mol. The number of amides is 2. The molecule has 0 fully saturated rings. The maximum Gasteiger partial charge on any atom is 0.337 e. The van der Waals surface area contributed by atoms with Crippen LogP contribution in [0.1, 0.15) is 16.8 Å². The molecule has 1 aromatic rings. The first-order valence-corrected chi connectivity index (χ1v) is 5.37. The molecule has 19 heavy (non-hydrogen) atoms. The molecule has 0 spiro atoms.